The van der Waals surface area contributed by atoms with Gasteiger partial charge in [-0.05, 0) is 24.3 Å². The Morgan fingerprint density at radius 1 is 0.708 bits per heavy atom. The van der Waals surface area contributed by atoms with Crippen molar-refractivity contribution in [3.05, 3.63) is 53.3 Å². The van der Waals surface area contributed by atoms with Crippen LogP contribution in [0.2, 0.25) is 0 Å². The average molecular weight is 682 g/mol. The van der Waals surface area contributed by atoms with Crippen molar-refractivity contribution in [2.75, 3.05) is 13.2 Å². The Balaban J connectivity index is 1.49. The largest absolute Gasteiger partial charge is 0.571 e. The Hall–Kier alpha value is -4.20. The lowest BCUT2D eigenvalue weighted by Crippen LogP contribution is -2.60. The molecular weight excluding hydrogens is 644 g/mol. The van der Waals surface area contributed by atoms with Gasteiger partial charge in [-0.3, -0.25) is 9.59 Å². The second-order valence-corrected chi connectivity index (χ2v) is 11.4. The van der Waals surface area contributed by atoms with E-state index in [0.717, 1.165) is 19.9 Å². The maximum Gasteiger partial charge on any atom is 0.302 e. The average Bonchev–Trinajstić information content (AvgIpc) is 3.04. The molecule has 5 rings (SSSR count). The normalized spacial score (nSPS) is 33.0. The van der Waals surface area contributed by atoms with Crippen LogP contribution in [0.3, 0.4) is 0 Å². The minimum absolute atomic E-state index is 0.0177. The maximum atomic E-state index is 11.4. The molecule has 9 N–H and O–H groups in total. The van der Waals surface area contributed by atoms with Gasteiger partial charge in [0.2, 0.25) is 12.6 Å². The fraction of sp³-hybridized carbons (Fsp3) is 0.484. The molecule has 2 aromatic carbocycles. The number of aliphatic hydroxyl groups is 7. The molecule has 17 nitrogen and oxygen atoms in total. The van der Waals surface area contributed by atoms with E-state index in [-0.39, 0.29) is 34.3 Å². The number of phenols is 2. The van der Waals surface area contributed by atoms with Crippen molar-refractivity contribution in [1.82, 2.24) is 0 Å². The van der Waals surface area contributed by atoms with Gasteiger partial charge in [0.15, 0.2) is 5.76 Å². The summed E-state index contributed by atoms with van der Waals surface area (Å²) in [4.78, 5) is 22.7. The van der Waals surface area contributed by atoms with Crippen molar-refractivity contribution >= 4 is 18.0 Å². The van der Waals surface area contributed by atoms with E-state index in [9.17, 15) is 50.4 Å². The van der Waals surface area contributed by atoms with E-state index in [2.05, 4.69) is 4.74 Å². The zero-order valence-electron chi connectivity index (χ0n) is 25.6. The lowest BCUT2D eigenvalue weighted by Gasteiger charge is -2.41. The van der Waals surface area contributed by atoms with Gasteiger partial charge in [0.25, 0.3) is 11.9 Å². The van der Waals surface area contributed by atoms with Crippen LogP contribution in [0, 0.1) is 0 Å². The minimum atomic E-state index is -1.80. The van der Waals surface area contributed by atoms with Crippen LogP contribution in [-0.2, 0) is 33.3 Å². The van der Waals surface area contributed by atoms with Crippen LogP contribution in [0.1, 0.15) is 31.1 Å². The summed E-state index contributed by atoms with van der Waals surface area (Å²) in [6.07, 6.45) is -15.9. The van der Waals surface area contributed by atoms with Crippen LogP contribution in [0.25, 0.3) is 6.08 Å². The monoisotopic (exact) mass is 681 g/mol. The van der Waals surface area contributed by atoms with Crippen molar-refractivity contribution in [2.45, 2.75) is 81.4 Å². The molecule has 3 aliphatic rings. The van der Waals surface area contributed by atoms with E-state index < -0.39 is 92.7 Å². The van der Waals surface area contributed by atoms with Gasteiger partial charge < -0.3 is 74.0 Å². The molecule has 2 aromatic rings. The topological polar surface area (TPSA) is 264 Å². The highest BCUT2D eigenvalue weighted by atomic mass is 16.7. The Morgan fingerprint density at radius 2 is 1.23 bits per heavy atom. The van der Waals surface area contributed by atoms with Crippen LogP contribution in [0.5, 0.6) is 23.0 Å². The van der Waals surface area contributed by atoms with Gasteiger partial charge >= 0.3 is 11.9 Å². The summed E-state index contributed by atoms with van der Waals surface area (Å²) >= 11 is 0. The summed E-state index contributed by atoms with van der Waals surface area (Å²) in [5.74, 6) is -1.75. The molecule has 0 aliphatic carbocycles. The number of carbonyl (C=O) groups excluding carboxylic acids is 2. The Kier molecular flexibility index (Phi) is 10.6. The molecule has 0 saturated carbocycles. The van der Waals surface area contributed by atoms with Crippen LogP contribution >= 0.6 is 0 Å². The SMILES string of the molecule is CC(=O)OC[C@@H]1O[C@@H](OC2=Cc3c(O[C@@H]4O[C@H](COC(C)=O)[C@@H](O)[C@H](O)[C@@H]4O)cc(O)cc3[OH+]C2c2ccc(O)cc2)[C@@H](O)[C@@H](O)[C@@H]1O. The highest BCUT2D eigenvalue weighted by Crippen LogP contribution is 2.46. The Labute approximate surface area is 272 Å². The Bertz CT molecular complexity index is 1490. The standard InChI is InChI=1S/C31H36O17/c1-12(32)42-10-21-23(36)25(38)27(40)30(47-21)45-19-8-16(35)7-18-17(19)9-20(29(44-18)14-3-5-15(34)6-4-14)46-31-28(41)26(39)24(37)22(48-31)11-43-13(2)33/h3-9,21-31,34-41H,10-11H2,1-2H3/p+1/t21-,22+,23-,24-,25+,26+,27+,28+,29?,30-,31-/m1/s1. The van der Waals surface area contributed by atoms with Crippen LogP contribution < -0.4 is 4.74 Å². The molecule has 0 amide bonds. The number of rotatable bonds is 9. The second kappa shape index (κ2) is 14.5. The number of fused-ring (bicyclic) bond motifs is 1. The third-order valence-electron chi connectivity index (χ3n) is 7.87. The van der Waals surface area contributed by atoms with E-state index in [0.29, 0.717) is 5.56 Å². The number of esters is 2. The highest BCUT2D eigenvalue weighted by Gasteiger charge is 2.48. The number of aliphatic hydroxyl groups excluding tert-OH is 6. The number of phenolic OH excluding ortho intramolecular Hbond substituents is 2. The van der Waals surface area contributed by atoms with E-state index in [1.54, 1.807) is 0 Å². The molecule has 0 bridgehead atoms. The number of carbonyl (C=O) groups is 2. The van der Waals surface area contributed by atoms with E-state index in [1.807, 2.05) is 0 Å². The van der Waals surface area contributed by atoms with E-state index in [1.165, 1.54) is 36.4 Å². The Morgan fingerprint density at radius 3 is 1.75 bits per heavy atom. The van der Waals surface area contributed by atoms with Crippen molar-refractivity contribution in [1.29, 1.82) is 0 Å². The van der Waals surface area contributed by atoms with Crippen LogP contribution in [-0.4, -0.2) is 132 Å². The zero-order chi connectivity index (χ0) is 34.9. The van der Waals surface area contributed by atoms with Gasteiger partial charge in [-0.25, -0.2) is 0 Å². The molecule has 1 unspecified atom stereocenters. The van der Waals surface area contributed by atoms with Gasteiger partial charge in [-0.1, -0.05) is 0 Å². The highest BCUT2D eigenvalue weighted by molar-refractivity contribution is 5.70. The number of benzene rings is 2. The predicted octanol–water partition coefficient (Wildman–Crippen LogP) is -1.43. The minimum Gasteiger partial charge on any atom is -0.571 e. The number of hydrogen-bond acceptors (Lipinski definition) is 16. The summed E-state index contributed by atoms with van der Waals surface area (Å²) in [6, 6.07) is 8.31. The van der Waals surface area contributed by atoms with Gasteiger partial charge in [-0.2, -0.15) is 0 Å². The van der Waals surface area contributed by atoms with Crippen molar-refractivity contribution in [2.24, 2.45) is 0 Å². The quantitative estimate of drug-likeness (QED) is 0.111. The summed E-state index contributed by atoms with van der Waals surface area (Å²) in [6.45, 7) is 1.34. The third kappa shape index (κ3) is 7.58. The molecule has 0 radical (unpaired) electrons. The molecule has 17 heteroatoms. The van der Waals surface area contributed by atoms with Crippen LogP contribution in [0.15, 0.2) is 42.2 Å². The maximum absolute atomic E-state index is 11.4. The number of hydrogen-bond donors (Lipinski definition) is 8. The predicted molar refractivity (Wildman–Crippen MR) is 157 cm³/mol. The fourth-order valence-electron chi connectivity index (χ4n) is 5.33. The van der Waals surface area contributed by atoms with Crippen molar-refractivity contribution < 1.29 is 83.6 Å². The third-order valence-corrected chi connectivity index (χ3v) is 7.87. The smallest absolute Gasteiger partial charge is 0.302 e. The molecule has 0 spiro atoms. The number of aromatic hydroxyl groups is 3. The van der Waals surface area contributed by atoms with Crippen LogP contribution in [0.4, 0.5) is 0 Å². The molecule has 0 aromatic heterocycles. The fourth-order valence-corrected chi connectivity index (χ4v) is 5.33. The van der Waals surface area contributed by atoms with Gasteiger partial charge in [0.1, 0.15) is 84.9 Å². The zero-order valence-corrected chi connectivity index (χ0v) is 25.6. The lowest BCUT2D eigenvalue weighted by atomic mass is 9.98. The molecule has 2 fully saturated rings. The first kappa shape index (κ1) is 35.1. The van der Waals surface area contributed by atoms with Crippen molar-refractivity contribution in [3.8, 4) is 23.0 Å². The van der Waals surface area contributed by atoms with Gasteiger partial charge in [0, 0.05) is 26.0 Å². The lowest BCUT2D eigenvalue weighted by molar-refractivity contribution is -0.296. The summed E-state index contributed by atoms with van der Waals surface area (Å²) in [5.41, 5.74) is 0.613. The molecule has 48 heavy (non-hydrogen) atoms. The first-order valence-corrected chi connectivity index (χ1v) is 14.8. The van der Waals surface area contributed by atoms with E-state index >= 15 is 0 Å². The molecular formula is C31H37O17+. The number of ether oxygens (including phenoxy) is 7. The molecule has 11 atom stereocenters. The summed E-state index contributed by atoms with van der Waals surface area (Å²) < 4.78 is 37.7. The van der Waals surface area contributed by atoms with E-state index in [4.69, 9.17) is 28.4 Å². The molecule has 2 saturated heterocycles. The van der Waals surface area contributed by atoms with Crippen molar-refractivity contribution in [3.63, 3.8) is 0 Å². The molecule has 3 aliphatic heterocycles. The first-order chi connectivity index (χ1) is 22.7. The summed E-state index contributed by atoms with van der Waals surface area (Å²) in [7, 11) is 0. The molecule has 3 heterocycles. The first-order valence-electron chi connectivity index (χ1n) is 14.8. The summed E-state index contributed by atoms with van der Waals surface area (Å²) in [5, 5.41) is 83.6. The second-order valence-electron chi connectivity index (χ2n) is 11.4. The van der Waals surface area contributed by atoms with Gasteiger partial charge in [0.05, 0.1) is 11.6 Å². The van der Waals surface area contributed by atoms with Gasteiger partial charge in [-0.15, -0.1) is 0 Å². The molecule has 262 valence electrons.